The first-order chi connectivity index (χ1) is 14.4. The molecule has 0 fully saturated rings. The zero-order valence-electron chi connectivity index (χ0n) is 16.8. The van der Waals surface area contributed by atoms with Gasteiger partial charge in [-0.15, -0.1) is 5.10 Å². The van der Waals surface area contributed by atoms with Crippen molar-refractivity contribution >= 4 is 17.5 Å². The van der Waals surface area contributed by atoms with Crippen LogP contribution >= 0.6 is 0 Å². The molecule has 30 heavy (non-hydrogen) atoms. The number of fused-ring (bicyclic) bond motifs is 1. The van der Waals surface area contributed by atoms with Gasteiger partial charge in [0.2, 0.25) is 11.7 Å². The van der Waals surface area contributed by atoms with Gasteiger partial charge in [0, 0.05) is 26.4 Å². The quantitative estimate of drug-likeness (QED) is 0.688. The van der Waals surface area contributed by atoms with Gasteiger partial charge < -0.3 is 14.8 Å². The van der Waals surface area contributed by atoms with E-state index in [-0.39, 0.29) is 17.3 Å². The van der Waals surface area contributed by atoms with Crippen LogP contribution in [0.4, 0.5) is 5.69 Å². The van der Waals surface area contributed by atoms with Crippen molar-refractivity contribution in [3.8, 4) is 0 Å². The molecule has 1 atom stereocenters. The number of hydrogen-bond donors (Lipinski definition) is 1. The molecule has 1 aliphatic heterocycles. The molecule has 0 unspecified atom stereocenters. The van der Waals surface area contributed by atoms with E-state index in [1.165, 1.54) is 21.9 Å². The number of nitrogens with one attached hydrogen (secondary N) is 1. The lowest BCUT2D eigenvalue weighted by Crippen LogP contribution is -2.47. The number of carbonyl (C=O) groups excluding carboxylic acids is 2. The Morgan fingerprint density at radius 2 is 1.97 bits per heavy atom. The Morgan fingerprint density at radius 1 is 1.20 bits per heavy atom. The average Bonchev–Trinajstić information content (AvgIpc) is 3.17. The Bertz CT molecular complexity index is 1150. The van der Waals surface area contributed by atoms with E-state index in [0.29, 0.717) is 25.1 Å². The summed E-state index contributed by atoms with van der Waals surface area (Å²) in [6.45, 7) is 0.496. The number of pyridine rings is 1. The van der Waals surface area contributed by atoms with Crippen molar-refractivity contribution in [1.29, 1.82) is 0 Å². The second kappa shape index (κ2) is 7.94. The number of anilines is 1. The molecule has 0 bridgehead atoms. The summed E-state index contributed by atoms with van der Waals surface area (Å²) >= 11 is 0. The zero-order chi connectivity index (χ0) is 21.3. The largest absolute Gasteiger partial charge is 0.337 e. The molecular formula is C21H22N6O3. The molecule has 1 aliphatic rings. The van der Waals surface area contributed by atoms with E-state index < -0.39 is 11.9 Å². The van der Waals surface area contributed by atoms with Crippen molar-refractivity contribution in [2.45, 2.75) is 25.4 Å². The normalized spacial score (nSPS) is 16.1. The minimum atomic E-state index is -0.726. The third kappa shape index (κ3) is 3.86. The Hall–Kier alpha value is -3.75. The molecule has 3 heterocycles. The lowest BCUT2D eigenvalue weighted by molar-refractivity contribution is -0.120. The molecule has 9 nitrogen and oxygen atoms in total. The molecule has 0 spiro atoms. The van der Waals surface area contributed by atoms with E-state index in [2.05, 4.69) is 15.4 Å². The summed E-state index contributed by atoms with van der Waals surface area (Å²) in [4.78, 5) is 43.0. The van der Waals surface area contributed by atoms with Crippen LogP contribution in [-0.4, -0.2) is 44.2 Å². The van der Waals surface area contributed by atoms with Gasteiger partial charge in [-0.3, -0.25) is 14.4 Å². The number of rotatable bonds is 4. The van der Waals surface area contributed by atoms with Crippen LogP contribution in [-0.2, 0) is 24.8 Å². The van der Waals surface area contributed by atoms with Gasteiger partial charge in [0.25, 0.3) is 11.5 Å². The van der Waals surface area contributed by atoms with Crippen LogP contribution in [0.25, 0.3) is 0 Å². The van der Waals surface area contributed by atoms with E-state index in [1.54, 1.807) is 25.0 Å². The maximum atomic E-state index is 12.9. The van der Waals surface area contributed by atoms with Crippen molar-refractivity contribution in [3.05, 3.63) is 76.2 Å². The number of aromatic nitrogens is 4. The smallest absolute Gasteiger partial charge is 0.291 e. The molecule has 0 aliphatic carbocycles. The summed E-state index contributed by atoms with van der Waals surface area (Å²) in [5.74, 6) is -0.773. The second-order valence-electron chi connectivity index (χ2n) is 7.35. The first-order valence-electron chi connectivity index (χ1n) is 9.64. The zero-order valence-corrected chi connectivity index (χ0v) is 16.8. The molecule has 0 saturated carbocycles. The average molecular weight is 406 g/mol. The van der Waals surface area contributed by atoms with Crippen LogP contribution in [0.15, 0.2) is 53.7 Å². The third-order valence-electron chi connectivity index (χ3n) is 5.21. The van der Waals surface area contributed by atoms with Gasteiger partial charge in [0.05, 0.1) is 12.2 Å². The molecule has 2 aromatic heterocycles. The van der Waals surface area contributed by atoms with E-state index in [9.17, 15) is 14.4 Å². The molecule has 154 valence electrons. The van der Waals surface area contributed by atoms with Crippen molar-refractivity contribution in [2.75, 3.05) is 11.9 Å². The highest BCUT2D eigenvalue weighted by Gasteiger charge is 2.30. The van der Waals surface area contributed by atoms with Crippen molar-refractivity contribution in [2.24, 2.45) is 7.05 Å². The maximum absolute atomic E-state index is 12.9. The fraction of sp³-hybridized carbons (Fsp3) is 0.286. The first-order valence-corrected chi connectivity index (χ1v) is 9.64. The first kappa shape index (κ1) is 19.6. The van der Waals surface area contributed by atoms with Crippen LogP contribution in [0.1, 0.15) is 28.2 Å². The Balaban J connectivity index is 1.47. The monoisotopic (exact) mass is 406 g/mol. The minimum absolute atomic E-state index is 0.0105. The molecule has 0 saturated heterocycles. The Kier molecular flexibility index (Phi) is 5.18. The van der Waals surface area contributed by atoms with Crippen LogP contribution in [0.2, 0.25) is 0 Å². The summed E-state index contributed by atoms with van der Waals surface area (Å²) in [5, 5.41) is 6.97. The van der Waals surface area contributed by atoms with Gasteiger partial charge in [0.15, 0.2) is 0 Å². The lowest BCUT2D eigenvalue weighted by Gasteiger charge is -2.21. The van der Waals surface area contributed by atoms with Crippen LogP contribution in [0.5, 0.6) is 0 Å². The fourth-order valence-corrected chi connectivity index (χ4v) is 3.56. The summed E-state index contributed by atoms with van der Waals surface area (Å²) < 4.78 is 3.07. The molecule has 2 amide bonds. The molecule has 9 heteroatoms. The van der Waals surface area contributed by atoms with Gasteiger partial charge in [-0.05, 0) is 24.0 Å². The van der Waals surface area contributed by atoms with Crippen molar-refractivity contribution < 1.29 is 9.59 Å². The van der Waals surface area contributed by atoms with E-state index in [4.69, 9.17) is 0 Å². The SMILES string of the molecule is CN1C(=O)[C@@H](NC(=O)c2ncn(Cc3ccccc3)n2)CCc2cn(C)c(=O)cc21. The topological polar surface area (TPSA) is 102 Å². The van der Waals surface area contributed by atoms with E-state index in [1.807, 2.05) is 30.3 Å². The molecule has 1 aromatic carbocycles. The molecule has 1 N–H and O–H groups in total. The summed E-state index contributed by atoms with van der Waals surface area (Å²) in [5.41, 5.74) is 2.31. The number of nitrogens with zero attached hydrogens (tertiary/aromatic N) is 5. The lowest BCUT2D eigenvalue weighted by atomic mass is 10.1. The molecule has 4 rings (SSSR count). The highest BCUT2D eigenvalue weighted by molar-refractivity contribution is 6.01. The third-order valence-corrected chi connectivity index (χ3v) is 5.21. The number of amides is 2. The van der Waals surface area contributed by atoms with Crippen LogP contribution in [0.3, 0.4) is 0 Å². The Morgan fingerprint density at radius 3 is 2.73 bits per heavy atom. The predicted molar refractivity (Wildman–Crippen MR) is 110 cm³/mol. The van der Waals surface area contributed by atoms with Crippen molar-refractivity contribution in [1.82, 2.24) is 24.6 Å². The fourth-order valence-electron chi connectivity index (χ4n) is 3.56. The predicted octanol–water partition coefficient (Wildman–Crippen LogP) is 0.733. The number of carbonyl (C=O) groups is 2. The summed E-state index contributed by atoms with van der Waals surface area (Å²) in [7, 11) is 3.28. The number of hydrogen-bond acceptors (Lipinski definition) is 5. The van der Waals surface area contributed by atoms with Crippen LogP contribution < -0.4 is 15.8 Å². The van der Waals surface area contributed by atoms with Gasteiger partial charge >= 0.3 is 0 Å². The Labute approximate surface area is 173 Å². The highest BCUT2D eigenvalue weighted by Crippen LogP contribution is 2.24. The summed E-state index contributed by atoms with van der Waals surface area (Å²) in [6.07, 6.45) is 4.21. The minimum Gasteiger partial charge on any atom is -0.337 e. The van der Waals surface area contributed by atoms with E-state index >= 15 is 0 Å². The van der Waals surface area contributed by atoms with Gasteiger partial charge in [0.1, 0.15) is 12.4 Å². The van der Waals surface area contributed by atoms with E-state index in [0.717, 1.165) is 11.1 Å². The molecular weight excluding hydrogens is 384 g/mol. The number of likely N-dealkylation sites (N-methyl/N-ethyl adjacent to an activating group) is 1. The van der Waals surface area contributed by atoms with Crippen LogP contribution in [0, 0.1) is 0 Å². The molecule has 3 aromatic rings. The number of aryl methyl sites for hydroxylation is 2. The molecule has 0 radical (unpaired) electrons. The number of benzene rings is 1. The summed E-state index contributed by atoms with van der Waals surface area (Å²) in [6, 6.07) is 10.4. The standard InChI is InChI=1S/C21H22N6O3/c1-25-12-15-8-9-16(21(30)26(2)17(15)10-18(25)28)23-20(29)19-22-13-27(24-19)11-14-6-4-3-5-7-14/h3-7,10,12-13,16H,8-9,11H2,1-2H3,(H,23,29)/t16-/m0/s1. The van der Waals surface area contributed by atoms with Gasteiger partial charge in [-0.25, -0.2) is 9.67 Å². The van der Waals surface area contributed by atoms with Gasteiger partial charge in [-0.2, -0.15) is 0 Å². The maximum Gasteiger partial charge on any atom is 0.291 e. The van der Waals surface area contributed by atoms with Crippen molar-refractivity contribution in [3.63, 3.8) is 0 Å². The second-order valence-corrected chi connectivity index (χ2v) is 7.35. The highest BCUT2D eigenvalue weighted by atomic mass is 16.2. The van der Waals surface area contributed by atoms with Gasteiger partial charge in [-0.1, -0.05) is 30.3 Å².